The molecule has 0 spiro atoms. The third-order valence-corrected chi connectivity index (χ3v) is 1.99. The maximum atomic E-state index is 9.45. The van der Waals surface area contributed by atoms with Crippen LogP contribution in [-0.4, -0.2) is 10.2 Å². The second-order valence-electron chi connectivity index (χ2n) is 3.07. The maximum absolute atomic E-state index is 9.45. The van der Waals surface area contributed by atoms with Crippen LogP contribution in [0.3, 0.4) is 0 Å². The first-order valence-corrected chi connectivity index (χ1v) is 4.00. The van der Waals surface area contributed by atoms with Crippen molar-refractivity contribution in [2.75, 3.05) is 0 Å². The Bertz CT molecular complexity index is 338. The van der Waals surface area contributed by atoms with Gasteiger partial charge in [-0.3, -0.25) is 0 Å². The van der Waals surface area contributed by atoms with Crippen LogP contribution >= 0.6 is 0 Å². The summed E-state index contributed by atoms with van der Waals surface area (Å²) in [6, 6.07) is 3.37. The molecular weight excluding hydrogens is 164 g/mol. The van der Waals surface area contributed by atoms with Crippen LogP contribution in [0.2, 0.25) is 0 Å². The van der Waals surface area contributed by atoms with E-state index >= 15 is 0 Å². The quantitative estimate of drug-likeness (QED) is 0.639. The maximum Gasteiger partial charge on any atom is 0.140 e. The van der Waals surface area contributed by atoms with Crippen LogP contribution in [0.15, 0.2) is 12.1 Å². The van der Waals surface area contributed by atoms with Crippen molar-refractivity contribution < 1.29 is 10.2 Å². The van der Waals surface area contributed by atoms with Crippen molar-refractivity contribution in [3.63, 3.8) is 0 Å². The van der Waals surface area contributed by atoms with E-state index in [-0.39, 0.29) is 5.75 Å². The van der Waals surface area contributed by atoms with E-state index in [2.05, 4.69) is 5.92 Å². The minimum absolute atomic E-state index is 0.257. The number of hydrogen-bond donors (Lipinski definition) is 2. The molecule has 0 aliphatic heterocycles. The topological polar surface area (TPSA) is 40.5 Å². The highest BCUT2D eigenvalue weighted by Gasteiger charge is 2.08. The molecule has 1 atom stereocenters. The minimum Gasteiger partial charge on any atom is -0.507 e. The number of aryl methyl sites for hydroxylation is 2. The summed E-state index contributed by atoms with van der Waals surface area (Å²) in [4.78, 5) is 0. The van der Waals surface area contributed by atoms with Crippen molar-refractivity contribution in [1.29, 1.82) is 0 Å². The molecule has 2 nitrogen and oxygen atoms in total. The standard InChI is InChI=1S/C11H12O2/c1-4-10(12)9-5-7(2)11(13)8(3)6-9/h1,5-6,10,12-13H,2-3H3. The molecule has 0 aromatic heterocycles. The van der Waals surface area contributed by atoms with Gasteiger partial charge in [-0.15, -0.1) is 6.42 Å². The highest BCUT2D eigenvalue weighted by molar-refractivity contribution is 5.43. The summed E-state index contributed by atoms with van der Waals surface area (Å²) < 4.78 is 0. The highest BCUT2D eigenvalue weighted by atomic mass is 16.3. The monoisotopic (exact) mass is 176 g/mol. The Hall–Kier alpha value is -1.46. The lowest BCUT2D eigenvalue weighted by molar-refractivity contribution is 0.238. The van der Waals surface area contributed by atoms with E-state index in [0.717, 1.165) is 11.1 Å². The zero-order chi connectivity index (χ0) is 10.0. The second-order valence-corrected chi connectivity index (χ2v) is 3.07. The third-order valence-electron chi connectivity index (χ3n) is 1.99. The van der Waals surface area contributed by atoms with Crippen molar-refractivity contribution in [2.45, 2.75) is 20.0 Å². The molecular formula is C11H12O2. The predicted octanol–water partition coefficient (Wildman–Crippen LogP) is 1.68. The van der Waals surface area contributed by atoms with Crippen LogP contribution < -0.4 is 0 Å². The molecule has 0 aliphatic carbocycles. The van der Waals surface area contributed by atoms with E-state index in [1.807, 2.05) is 0 Å². The number of rotatable bonds is 1. The van der Waals surface area contributed by atoms with Gasteiger partial charge in [-0.05, 0) is 42.7 Å². The fourth-order valence-corrected chi connectivity index (χ4v) is 1.24. The van der Waals surface area contributed by atoms with Crippen LogP contribution in [0, 0.1) is 26.2 Å². The van der Waals surface area contributed by atoms with E-state index in [9.17, 15) is 10.2 Å². The Balaban J connectivity index is 3.22. The van der Waals surface area contributed by atoms with E-state index < -0.39 is 6.10 Å². The number of benzene rings is 1. The van der Waals surface area contributed by atoms with E-state index in [0.29, 0.717) is 5.56 Å². The normalized spacial score (nSPS) is 12.2. The van der Waals surface area contributed by atoms with Crippen LogP contribution in [0.4, 0.5) is 0 Å². The average molecular weight is 176 g/mol. The van der Waals surface area contributed by atoms with Gasteiger partial charge in [0.25, 0.3) is 0 Å². The number of aliphatic hydroxyl groups is 1. The molecule has 0 saturated carbocycles. The molecule has 1 rings (SSSR count). The van der Waals surface area contributed by atoms with Crippen molar-refractivity contribution in [3.8, 4) is 18.1 Å². The summed E-state index contributed by atoms with van der Waals surface area (Å²) in [5, 5.41) is 18.8. The van der Waals surface area contributed by atoms with Gasteiger partial charge in [0.05, 0.1) is 0 Å². The van der Waals surface area contributed by atoms with Crippen LogP contribution in [0.1, 0.15) is 22.8 Å². The lowest BCUT2D eigenvalue weighted by Crippen LogP contribution is -1.95. The molecule has 1 unspecified atom stereocenters. The Labute approximate surface area is 77.8 Å². The molecule has 0 aliphatic rings. The molecule has 0 radical (unpaired) electrons. The van der Waals surface area contributed by atoms with E-state index in [1.54, 1.807) is 26.0 Å². The summed E-state index contributed by atoms with van der Waals surface area (Å²) in [6.07, 6.45) is 4.19. The van der Waals surface area contributed by atoms with Gasteiger partial charge in [0.15, 0.2) is 0 Å². The zero-order valence-electron chi connectivity index (χ0n) is 7.70. The van der Waals surface area contributed by atoms with Crippen molar-refractivity contribution >= 4 is 0 Å². The van der Waals surface area contributed by atoms with Crippen LogP contribution in [0.5, 0.6) is 5.75 Å². The fraction of sp³-hybridized carbons (Fsp3) is 0.273. The van der Waals surface area contributed by atoms with Gasteiger partial charge in [0.2, 0.25) is 0 Å². The molecule has 0 bridgehead atoms. The molecule has 0 fully saturated rings. The molecule has 13 heavy (non-hydrogen) atoms. The summed E-state index contributed by atoms with van der Waals surface area (Å²) >= 11 is 0. The minimum atomic E-state index is -0.891. The molecule has 0 saturated heterocycles. The van der Waals surface area contributed by atoms with Crippen molar-refractivity contribution in [3.05, 3.63) is 28.8 Å². The first kappa shape index (κ1) is 9.63. The highest BCUT2D eigenvalue weighted by Crippen LogP contribution is 2.25. The summed E-state index contributed by atoms with van der Waals surface area (Å²) in [5.41, 5.74) is 2.10. The zero-order valence-corrected chi connectivity index (χ0v) is 7.70. The Kier molecular flexibility index (Phi) is 2.60. The Morgan fingerprint density at radius 3 is 2.15 bits per heavy atom. The molecule has 2 heteroatoms. The molecule has 68 valence electrons. The van der Waals surface area contributed by atoms with E-state index in [4.69, 9.17) is 6.42 Å². The largest absolute Gasteiger partial charge is 0.507 e. The molecule has 0 heterocycles. The summed E-state index contributed by atoms with van der Waals surface area (Å²) in [6.45, 7) is 3.55. The lowest BCUT2D eigenvalue weighted by atomic mass is 10.0. The van der Waals surface area contributed by atoms with Crippen LogP contribution in [-0.2, 0) is 0 Å². The summed E-state index contributed by atoms with van der Waals surface area (Å²) in [5.74, 6) is 2.49. The number of terminal acetylenes is 1. The third kappa shape index (κ3) is 1.82. The van der Waals surface area contributed by atoms with E-state index in [1.165, 1.54) is 0 Å². The SMILES string of the molecule is C#CC(O)c1cc(C)c(O)c(C)c1. The second kappa shape index (κ2) is 3.51. The molecule has 0 amide bonds. The Morgan fingerprint density at radius 2 is 1.77 bits per heavy atom. The summed E-state index contributed by atoms with van der Waals surface area (Å²) in [7, 11) is 0. The van der Waals surface area contributed by atoms with Crippen molar-refractivity contribution in [1.82, 2.24) is 0 Å². The molecule has 1 aromatic rings. The van der Waals surface area contributed by atoms with Crippen LogP contribution in [0.25, 0.3) is 0 Å². The first-order chi connectivity index (χ1) is 6.06. The van der Waals surface area contributed by atoms with Crippen molar-refractivity contribution in [2.24, 2.45) is 0 Å². The number of aliphatic hydroxyl groups excluding tert-OH is 1. The average Bonchev–Trinajstić information content (AvgIpc) is 2.12. The van der Waals surface area contributed by atoms with Gasteiger partial charge in [0, 0.05) is 0 Å². The van der Waals surface area contributed by atoms with Gasteiger partial charge in [-0.2, -0.15) is 0 Å². The number of hydrogen-bond acceptors (Lipinski definition) is 2. The molecule has 2 N–H and O–H groups in total. The molecule has 1 aromatic carbocycles. The van der Waals surface area contributed by atoms with Gasteiger partial charge in [-0.25, -0.2) is 0 Å². The van der Waals surface area contributed by atoms with Gasteiger partial charge >= 0.3 is 0 Å². The van der Waals surface area contributed by atoms with Gasteiger partial charge < -0.3 is 10.2 Å². The number of phenols is 1. The first-order valence-electron chi connectivity index (χ1n) is 4.00. The Morgan fingerprint density at radius 1 is 1.31 bits per heavy atom. The smallest absolute Gasteiger partial charge is 0.140 e. The van der Waals surface area contributed by atoms with Gasteiger partial charge in [-0.1, -0.05) is 5.92 Å². The number of phenolic OH excluding ortho intramolecular Hbond substituents is 1. The van der Waals surface area contributed by atoms with Gasteiger partial charge in [0.1, 0.15) is 11.9 Å². The lowest BCUT2D eigenvalue weighted by Gasteiger charge is -2.08. The predicted molar refractivity (Wildman–Crippen MR) is 51.4 cm³/mol. The number of aromatic hydroxyl groups is 1. The fourth-order valence-electron chi connectivity index (χ4n) is 1.24.